The number of halogens is 1. The first-order valence-corrected chi connectivity index (χ1v) is 7.55. The van der Waals surface area contributed by atoms with Crippen LogP contribution in [0.2, 0.25) is 0 Å². The molecule has 0 bridgehead atoms. The highest BCUT2D eigenvalue weighted by Gasteiger charge is 2.23. The Morgan fingerprint density at radius 2 is 1.76 bits per heavy atom. The van der Waals surface area contributed by atoms with Gasteiger partial charge in [-0.1, -0.05) is 26.0 Å². The van der Waals surface area contributed by atoms with E-state index in [-0.39, 0.29) is 11.8 Å². The fraction of sp³-hybridized carbons (Fsp3) is 0.500. The van der Waals surface area contributed by atoms with Gasteiger partial charge in [-0.15, -0.1) is 11.6 Å². The number of hydrogen-bond donors (Lipinski definition) is 1. The first-order chi connectivity index (χ1) is 9.85. The molecule has 0 aliphatic rings. The number of carbonyl (C=O) groups is 2. The molecule has 1 atom stereocenters. The molecule has 1 aromatic carbocycles. The van der Waals surface area contributed by atoms with Gasteiger partial charge in [0.25, 0.3) is 5.91 Å². The summed E-state index contributed by atoms with van der Waals surface area (Å²) < 4.78 is 0. The average Bonchev–Trinajstić information content (AvgIpc) is 2.45. The van der Waals surface area contributed by atoms with Crippen LogP contribution in [-0.4, -0.2) is 36.9 Å². The van der Waals surface area contributed by atoms with E-state index in [1.54, 1.807) is 26.2 Å². The predicted molar refractivity (Wildman–Crippen MR) is 85.4 cm³/mol. The van der Waals surface area contributed by atoms with Gasteiger partial charge in [0, 0.05) is 25.5 Å². The Bertz CT molecular complexity index is 484. The molecule has 0 aromatic heterocycles. The standard InChI is InChI=1S/C16H23ClN2O2/c1-11(2)9-14(16(21)19(3)4)18-15(20)13-7-5-12(10-17)6-8-13/h5-8,11,14H,9-10H2,1-4H3,(H,18,20). The summed E-state index contributed by atoms with van der Waals surface area (Å²) in [5, 5.41) is 2.82. The zero-order valence-corrected chi connectivity index (χ0v) is 13.8. The molecule has 1 unspecified atom stereocenters. The van der Waals surface area contributed by atoms with E-state index in [2.05, 4.69) is 5.32 Å². The highest BCUT2D eigenvalue weighted by Crippen LogP contribution is 2.10. The smallest absolute Gasteiger partial charge is 0.251 e. The number of alkyl halides is 1. The molecule has 2 amide bonds. The summed E-state index contributed by atoms with van der Waals surface area (Å²) in [5.41, 5.74) is 1.49. The first kappa shape index (κ1) is 17.5. The van der Waals surface area contributed by atoms with Crippen LogP contribution < -0.4 is 5.32 Å². The lowest BCUT2D eigenvalue weighted by Crippen LogP contribution is -2.46. The largest absolute Gasteiger partial charge is 0.347 e. The van der Waals surface area contributed by atoms with E-state index >= 15 is 0 Å². The molecule has 0 spiro atoms. The predicted octanol–water partition coefficient (Wildman–Crippen LogP) is 2.66. The third kappa shape index (κ3) is 5.38. The topological polar surface area (TPSA) is 49.4 Å². The van der Waals surface area contributed by atoms with Gasteiger partial charge in [0.1, 0.15) is 6.04 Å². The van der Waals surface area contributed by atoms with E-state index in [1.165, 1.54) is 4.90 Å². The molecule has 116 valence electrons. The zero-order chi connectivity index (χ0) is 16.0. The minimum Gasteiger partial charge on any atom is -0.347 e. The van der Waals surface area contributed by atoms with Gasteiger partial charge in [0.2, 0.25) is 5.91 Å². The van der Waals surface area contributed by atoms with Gasteiger partial charge < -0.3 is 10.2 Å². The Morgan fingerprint density at radius 1 is 1.19 bits per heavy atom. The van der Waals surface area contributed by atoms with Gasteiger partial charge in [0.05, 0.1) is 0 Å². The van der Waals surface area contributed by atoms with Gasteiger partial charge in [-0.25, -0.2) is 0 Å². The number of nitrogens with one attached hydrogen (secondary N) is 1. The number of benzene rings is 1. The maximum Gasteiger partial charge on any atom is 0.251 e. The van der Waals surface area contributed by atoms with Crippen molar-refractivity contribution in [2.24, 2.45) is 5.92 Å². The van der Waals surface area contributed by atoms with Crippen molar-refractivity contribution < 1.29 is 9.59 Å². The number of amides is 2. The van der Waals surface area contributed by atoms with Crippen LogP contribution in [0.1, 0.15) is 36.2 Å². The molecule has 0 aliphatic heterocycles. The quantitative estimate of drug-likeness (QED) is 0.821. The molecule has 0 saturated carbocycles. The minimum atomic E-state index is -0.500. The van der Waals surface area contributed by atoms with E-state index < -0.39 is 6.04 Å². The Balaban J connectivity index is 2.81. The number of rotatable bonds is 6. The second-order valence-electron chi connectivity index (χ2n) is 5.72. The third-order valence-electron chi connectivity index (χ3n) is 3.12. The molecular formula is C16H23ClN2O2. The molecule has 0 heterocycles. The number of likely N-dealkylation sites (N-methyl/N-ethyl adjacent to an activating group) is 1. The Kier molecular flexibility index (Phi) is 6.69. The van der Waals surface area contributed by atoms with Crippen LogP contribution in [0.4, 0.5) is 0 Å². The molecule has 0 fully saturated rings. The van der Waals surface area contributed by atoms with Crippen molar-refractivity contribution in [3.05, 3.63) is 35.4 Å². The van der Waals surface area contributed by atoms with Crippen molar-refractivity contribution in [2.75, 3.05) is 14.1 Å². The van der Waals surface area contributed by atoms with Crippen molar-refractivity contribution in [3.63, 3.8) is 0 Å². The SMILES string of the molecule is CC(C)CC(NC(=O)c1ccc(CCl)cc1)C(=O)N(C)C. The lowest BCUT2D eigenvalue weighted by molar-refractivity contribution is -0.131. The van der Waals surface area contributed by atoms with Crippen molar-refractivity contribution >= 4 is 23.4 Å². The highest BCUT2D eigenvalue weighted by atomic mass is 35.5. The van der Waals surface area contributed by atoms with Crippen LogP contribution >= 0.6 is 11.6 Å². The van der Waals surface area contributed by atoms with Crippen molar-refractivity contribution in [1.29, 1.82) is 0 Å². The maximum atomic E-state index is 12.2. The summed E-state index contributed by atoms with van der Waals surface area (Å²) in [5.74, 6) is 0.404. The summed E-state index contributed by atoms with van der Waals surface area (Å²) in [6.45, 7) is 4.05. The molecule has 0 saturated heterocycles. The van der Waals surface area contributed by atoms with Crippen LogP contribution in [0.15, 0.2) is 24.3 Å². The van der Waals surface area contributed by atoms with Crippen molar-refractivity contribution in [1.82, 2.24) is 10.2 Å². The second kappa shape index (κ2) is 8.03. The highest BCUT2D eigenvalue weighted by molar-refractivity contribution is 6.17. The summed E-state index contributed by atoms with van der Waals surface area (Å²) in [4.78, 5) is 25.9. The average molecular weight is 311 g/mol. The monoisotopic (exact) mass is 310 g/mol. The third-order valence-corrected chi connectivity index (χ3v) is 3.43. The van der Waals surface area contributed by atoms with Crippen LogP contribution in [0.3, 0.4) is 0 Å². The zero-order valence-electron chi connectivity index (χ0n) is 13.0. The van der Waals surface area contributed by atoms with Crippen LogP contribution in [0, 0.1) is 5.92 Å². The maximum absolute atomic E-state index is 12.2. The molecule has 0 radical (unpaired) electrons. The molecule has 21 heavy (non-hydrogen) atoms. The molecule has 5 heteroatoms. The van der Waals surface area contributed by atoms with Gasteiger partial charge in [-0.2, -0.15) is 0 Å². The van der Waals surface area contributed by atoms with Crippen molar-refractivity contribution in [2.45, 2.75) is 32.2 Å². The number of hydrogen-bond acceptors (Lipinski definition) is 2. The molecule has 1 aromatic rings. The van der Waals surface area contributed by atoms with Gasteiger partial charge in [0.15, 0.2) is 0 Å². The first-order valence-electron chi connectivity index (χ1n) is 7.02. The fourth-order valence-electron chi connectivity index (χ4n) is 1.99. The number of carbonyl (C=O) groups excluding carboxylic acids is 2. The van der Waals surface area contributed by atoms with Gasteiger partial charge in [-0.3, -0.25) is 9.59 Å². The van der Waals surface area contributed by atoms with Gasteiger partial charge >= 0.3 is 0 Å². The van der Waals surface area contributed by atoms with Crippen molar-refractivity contribution in [3.8, 4) is 0 Å². The normalized spacial score (nSPS) is 12.1. The Hall–Kier alpha value is -1.55. The minimum absolute atomic E-state index is 0.0885. The summed E-state index contributed by atoms with van der Waals surface area (Å²) >= 11 is 5.73. The lowest BCUT2D eigenvalue weighted by Gasteiger charge is -2.23. The van der Waals surface area contributed by atoms with E-state index in [9.17, 15) is 9.59 Å². The lowest BCUT2D eigenvalue weighted by atomic mass is 10.0. The van der Waals surface area contributed by atoms with Gasteiger partial charge in [-0.05, 0) is 30.0 Å². The fourth-order valence-corrected chi connectivity index (χ4v) is 2.17. The molecular weight excluding hydrogens is 288 g/mol. The van der Waals surface area contributed by atoms with E-state index in [0.29, 0.717) is 23.8 Å². The Morgan fingerprint density at radius 3 is 2.19 bits per heavy atom. The van der Waals surface area contributed by atoms with E-state index in [4.69, 9.17) is 11.6 Å². The molecule has 1 rings (SSSR count). The van der Waals surface area contributed by atoms with Crippen LogP contribution in [-0.2, 0) is 10.7 Å². The number of nitrogens with zero attached hydrogens (tertiary/aromatic N) is 1. The van der Waals surface area contributed by atoms with Crippen LogP contribution in [0.5, 0.6) is 0 Å². The summed E-state index contributed by atoms with van der Waals surface area (Å²) in [6, 6.07) is 6.57. The molecule has 1 N–H and O–H groups in total. The second-order valence-corrected chi connectivity index (χ2v) is 5.99. The summed E-state index contributed by atoms with van der Waals surface area (Å²) in [7, 11) is 3.38. The Labute approximate surface area is 131 Å². The van der Waals surface area contributed by atoms with E-state index in [1.807, 2.05) is 26.0 Å². The summed E-state index contributed by atoms with van der Waals surface area (Å²) in [6.07, 6.45) is 0.614. The molecule has 0 aliphatic carbocycles. The van der Waals surface area contributed by atoms with Crippen LogP contribution in [0.25, 0.3) is 0 Å². The molecule has 4 nitrogen and oxygen atoms in total. The van der Waals surface area contributed by atoms with E-state index in [0.717, 1.165) is 5.56 Å².